The van der Waals surface area contributed by atoms with Crippen molar-refractivity contribution in [3.63, 3.8) is 0 Å². The molecule has 1 aliphatic heterocycles. The average molecular weight is 327 g/mol. The zero-order valence-electron chi connectivity index (χ0n) is 13.6. The monoisotopic (exact) mass is 327 g/mol. The second-order valence-electron chi connectivity index (χ2n) is 5.97. The molecule has 2 heterocycles. The number of para-hydroxylation sites is 1. The Bertz CT molecular complexity index is 685. The molecule has 0 unspecified atom stereocenters. The second kappa shape index (κ2) is 7.21. The van der Waals surface area contributed by atoms with Crippen LogP contribution in [0.5, 0.6) is 0 Å². The molecule has 126 valence electrons. The van der Waals surface area contributed by atoms with Crippen LogP contribution >= 0.6 is 0 Å². The van der Waals surface area contributed by atoms with E-state index in [9.17, 15) is 9.59 Å². The highest BCUT2D eigenvalue weighted by molar-refractivity contribution is 6.01. The minimum absolute atomic E-state index is 0.0740. The average Bonchev–Trinajstić information content (AvgIpc) is 3.19. The fourth-order valence-corrected chi connectivity index (χ4v) is 2.88. The van der Waals surface area contributed by atoms with Crippen LogP contribution in [-0.2, 0) is 11.2 Å². The van der Waals surface area contributed by atoms with Crippen LogP contribution < -0.4 is 15.5 Å². The Balaban J connectivity index is 1.51. The number of furan rings is 1. The van der Waals surface area contributed by atoms with Crippen LogP contribution in [-0.4, -0.2) is 30.6 Å². The van der Waals surface area contributed by atoms with Crippen LogP contribution in [0, 0.1) is 0 Å². The number of benzene rings is 1. The lowest BCUT2D eigenvalue weighted by Crippen LogP contribution is -2.48. The quantitative estimate of drug-likeness (QED) is 0.885. The first-order valence-electron chi connectivity index (χ1n) is 8.09. The normalized spacial score (nSPS) is 18.5. The van der Waals surface area contributed by atoms with Gasteiger partial charge in [0, 0.05) is 24.7 Å². The van der Waals surface area contributed by atoms with Gasteiger partial charge in [0.15, 0.2) is 0 Å². The Morgan fingerprint density at radius 2 is 2.08 bits per heavy atom. The van der Waals surface area contributed by atoms with Crippen molar-refractivity contribution in [2.24, 2.45) is 0 Å². The van der Waals surface area contributed by atoms with Crippen LogP contribution in [0.1, 0.15) is 19.1 Å². The maximum Gasteiger partial charge on any atom is 0.315 e. The molecule has 6 nitrogen and oxygen atoms in total. The van der Waals surface area contributed by atoms with Gasteiger partial charge in [-0.25, -0.2) is 4.79 Å². The highest BCUT2D eigenvalue weighted by Crippen LogP contribution is 2.20. The van der Waals surface area contributed by atoms with Crippen molar-refractivity contribution < 1.29 is 14.0 Å². The molecule has 24 heavy (non-hydrogen) atoms. The topological polar surface area (TPSA) is 74.6 Å². The molecule has 1 fully saturated rings. The molecule has 0 saturated carbocycles. The van der Waals surface area contributed by atoms with E-state index in [0.717, 1.165) is 11.4 Å². The van der Waals surface area contributed by atoms with Crippen molar-refractivity contribution in [1.82, 2.24) is 10.6 Å². The molecule has 1 aromatic heterocycles. The molecule has 2 N–H and O–H groups in total. The molecular weight excluding hydrogens is 306 g/mol. The molecule has 3 rings (SSSR count). The Hall–Kier alpha value is -2.76. The molecule has 0 bridgehead atoms. The number of nitrogens with zero attached hydrogens (tertiary/aromatic N) is 1. The van der Waals surface area contributed by atoms with Gasteiger partial charge in [-0.1, -0.05) is 18.2 Å². The predicted molar refractivity (Wildman–Crippen MR) is 90.7 cm³/mol. The minimum atomic E-state index is -0.485. The molecule has 3 amide bonds. The summed E-state index contributed by atoms with van der Waals surface area (Å²) in [5.41, 5.74) is 0.860. The summed E-state index contributed by atoms with van der Waals surface area (Å²) in [5, 5.41) is 5.61. The lowest BCUT2D eigenvalue weighted by atomic mass is 10.2. The van der Waals surface area contributed by atoms with Gasteiger partial charge in [-0.2, -0.15) is 0 Å². The van der Waals surface area contributed by atoms with Crippen molar-refractivity contribution in [3.05, 3.63) is 54.5 Å². The van der Waals surface area contributed by atoms with Crippen LogP contribution in [0.3, 0.4) is 0 Å². The number of hydrogen-bond donors (Lipinski definition) is 2. The third kappa shape index (κ3) is 3.76. The molecular formula is C18H21N3O3. The molecule has 6 heteroatoms. The van der Waals surface area contributed by atoms with E-state index in [1.807, 2.05) is 49.4 Å². The summed E-state index contributed by atoms with van der Waals surface area (Å²) in [4.78, 5) is 26.3. The number of carbonyl (C=O) groups excluding carboxylic acids is 2. The molecule has 2 atom stereocenters. The summed E-state index contributed by atoms with van der Waals surface area (Å²) < 4.78 is 5.27. The molecule has 2 aromatic rings. The zero-order chi connectivity index (χ0) is 16.9. The first-order chi connectivity index (χ1) is 11.6. The highest BCUT2D eigenvalue weighted by atomic mass is 16.3. The van der Waals surface area contributed by atoms with Gasteiger partial charge in [-0.05, 0) is 37.6 Å². The maximum absolute atomic E-state index is 12.5. The number of amides is 3. The Morgan fingerprint density at radius 3 is 2.79 bits per heavy atom. The maximum atomic E-state index is 12.5. The summed E-state index contributed by atoms with van der Waals surface area (Å²) in [7, 11) is 0. The Kier molecular flexibility index (Phi) is 4.84. The molecule has 0 spiro atoms. The Morgan fingerprint density at radius 1 is 1.29 bits per heavy atom. The van der Waals surface area contributed by atoms with Crippen molar-refractivity contribution in [3.8, 4) is 0 Å². The largest absolute Gasteiger partial charge is 0.469 e. The lowest BCUT2D eigenvalue weighted by molar-refractivity contribution is -0.118. The lowest BCUT2D eigenvalue weighted by Gasteiger charge is -2.18. The van der Waals surface area contributed by atoms with Gasteiger partial charge in [0.1, 0.15) is 11.8 Å². The number of rotatable bonds is 5. The molecule has 1 aliphatic rings. The third-order valence-electron chi connectivity index (χ3n) is 4.04. The number of nitrogens with one attached hydrogen (secondary N) is 2. The first-order valence-corrected chi connectivity index (χ1v) is 8.09. The predicted octanol–water partition coefficient (Wildman–Crippen LogP) is 2.32. The van der Waals surface area contributed by atoms with Gasteiger partial charge in [0.25, 0.3) is 0 Å². The van der Waals surface area contributed by atoms with Gasteiger partial charge in [-0.15, -0.1) is 0 Å². The van der Waals surface area contributed by atoms with E-state index in [1.54, 1.807) is 11.2 Å². The first kappa shape index (κ1) is 16.1. The number of urea groups is 1. The van der Waals surface area contributed by atoms with Crippen molar-refractivity contribution in [1.29, 1.82) is 0 Å². The van der Waals surface area contributed by atoms with Gasteiger partial charge < -0.3 is 20.0 Å². The number of hydrogen-bond acceptors (Lipinski definition) is 3. The van der Waals surface area contributed by atoms with Crippen LogP contribution in [0.4, 0.5) is 10.5 Å². The van der Waals surface area contributed by atoms with Crippen LogP contribution in [0.15, 0.2) is 53.1 Å². The van der Waals surface area contributed by atoms with Gasteiger partial charge in [0.05, 0.1) is 6.26 Å². The van der Waals surface area contributed by atoms with Gasteiger partial charge >= 0.3 is 6.03 Å². The molecule has 0 radical (unpaired) electrons. The molecule has 0 aliphatic carbocycles. The van der Waals surface area contributed by atoms with E-state index in [-0.39, 0.29) is 18.0 Å². The van der Waals surface area contributed by atoms with Gasteiger partial charge in [0.2, 0.25) is 5.91 Å². The van der Waals surface area contributed by atoms with E-state index in [1.165, 1.54) is 0 Å². The fourth-order valence-electron chi connectivity index (χ4n) is 2.88. The zero-order valence-corrected chi connectivity index (χ0v) is 13.6. The fraction of sp³-hybridized carbons (Fsp3) is 0.333. The van der Waals surface area contributed by atoms with Crippen molar-refractivity contribution in [2.45, 2.75) is 31.8 Å². The van der Waals surface area contributed by atoms with Crippen LogP contribution in [0.2, 0.25) is 0 Å². The highest BCUT2D eigenvalue weighted by Gasteiger charge is 2.33. The molecule has 1 saturated heterocycles. The Labute approximate surface area is 140 Å². The van der Waals surface area contributed by atoms with Gasteiger partial charge in [-0.3, -0.25) is 4.79 Å². The SMILES string of the molecule is C[C@@H](Cc1ccco1)NC(=O)N[C@H]1CCN(c2ccccc2)C1=O. The standard InChI is InChI=1S/C18H21N3O3/c1-13(12-15-8-5-11-24-15)19-18(23)20-16-9-10-21(17(16)22)14-6-3-2-4-7-14/h2-8,11,13,16H,9-10,12H2,1H3,(H2,19,20,23)/t13-,16-/m0/s1. The van der Waals surface area contributed by atoms with E-state index < -0.39 is 6.04 Å². The number of anilines is 1. The van der Waals surface area contributed by atoms with E-state index >= 15 is 0 Å². The smallest absolute Gasteiger partial charge is 0.315 e. The third-order valence-corrected chi connectivity index (χ3v) is 4.04. The molecule has 1 aromatic carbocycles. The van der Waals surface area contributed by atoms with E-state index in [0.29, 0.717) is 19.4 Å². The van der Waals surface area contributed by atoms with Crippen molar-refractivity contribution >= 4 is 17.6 Å². The summed E-state index contributed by atoms with van der Waals surface area (Å²) in [5.74, 6) is 0.741. The summed E-state index contributed by atoms with van der Waals surface area (Å²) in [6.07, 6.45) is 2.82. The summed E-state index contributed by atoms with van der Waals surface area (Å²) in [6, 6.07) is 12.3. The second-order valence-corrected chi connectivity index (χ2v) is 5.97. The summed E-state index contributed by atoms with van der Waals surface area (Å²) in [6.45, 7) is 2.50. The van der Waals surface area contributed by atoms with Crippen LogP contribution in [0.25, 0.3) is 0 Å². The number of carbonyl (C=O) groups is 2. The minimum Gasteiger partial charge on any atom is -0.469 e. The summed E-state index contributed by atoms with van der Waals surface area (Å²) >= 11 is 0. The van der Waals surface area contributed by atoms with E-state index in [4.69, 9.17) is 4.42 Å². The van der Waals surface area contributed by atoms with Crippen molar-refractivity contribution in [2.75, 3.05) is 11.4 Å². The van der Waals surface area contributed by atoms with E-state index in [2.05, 4.69) is 10.6 Å².